The highest BCUT2D eigenvalue weighted by molar-refractivity contribution is 5.75. The molecule has 0 bridgehead atoms. The summed E-state index contributed by atoms with van der Waals surface area (Å²) in [5, 5.41) is 6.80. The number of aromatic amines is 1. The Kier molecular flexibility index (Phi) is 5.63. The van der Waals surface area contributed by atoms with E-state index in [1.807, 2.05) is 36.4 Å². The van der Waals surface area contributed by atoms with Crippen LogP contribution in [0.5, 0.6) is 5.75 Å². The Hall–Kier alpha value is -3.15. The minimum absolute atomic E-state index is 0.134. The number of benzene rings is 1. The number of nitrogens with zero attached hydrogens (tertiary/aromatic N) is 3. The van der Waals surface area contributed by atoms with Gasteiger partial charge < -0.3 is 9.64 Å². The molecule has 1 N–H and O–H groups in total. The van der Waals surface area contributed by atoms with E-state index in [2.05, 4.69) is 21.2 Å². The van der Waals surface area contributed by atoms with Crippen molar-refractivity contribution in [3.63, 3.8) is 0 Å². The fourth-order valence-corrected chi connectivity index (χ4v) is 2.54. The molecule has 0 atom stereocenters. The van der Waals surface area contributed by atoms with Gasteiger partial charge in [-0.15, -0.1) is 0 Å². The average molecular weight is 350 g/mol. The number of amides is 1. The molecule has 0 aliphatic carbocycles. The van der Waals surface area contributed by atoms with Crippen molar-refractivity contribution in [1.82, 2.24) is 20.1 Å². The second-order valence-corrected chi connectivity index (χ2v) is 6.25. The van der Waals surface area contributed by atoms with Gasteiger partial charge in [0.25, 0.3) is 0 Å². The molecule has 134 valence electrons. The Morgan fingerprint density at radius 3 is 2.69 bits per heavy atom. The summed E-state index contributed by atoms with van der Waals surface area (Å²) in [5.74, 6) is 0.844. The molecule has 0 radical (unpaired) electrons. The zero-order valence-corrected chi connectivity index (χ0v) is 15.0. The van der Waals surface area contributed by atoms with E-state index in [-0.39, 0.29) is 5.91 Å². The van der Waals surface area contributed by atoms with Gasteiger partial charge in [0.1, 0.15) is 12.4 Å². The predicted molar refractivity (Wildman–Crippen MR) is 99.6 cm³/mol. The number of aryl methyl sites for hydroxylation is 1. The van der Waals surface area contributed by atoms with E-state index in [4.69, 9.17) is 4.74 Å². The summed E-state index contributed by atoms with van der Waals surface area (Å²) in [6, 6.07) is 13.8. The molecule has 6 heteroatoms. The van der Waals surface area contributed by atoms with Crippen LogP contribution in [0, 0.1) is 0 Å². The third-order valence-electron chi connectivity index (χ3n) is 4.04. The second kappa shape index (κ2) is 8.29. The van der Waals surface area contributed by atoms with E-state index >= 15 is 0 Å². The number of pyridine rings is 1. The van der Waals surface area contributed by atoms with Crippen LogP contribution in [0.2, 0.25) is 0 Å². The van der Waals surface area contributed by atoms with Gasteiger partial charge in [0.2, 0.25) is 5.91 Å². The van der Waals surface area contributed by atoms with Gasteiger partial charge in [0, 0.05) is 26.7 Å². The number of ether oxygens (including phenoxy) is 1. The molecule has 3 aromatic rings. The molecule has 3 rings (SSSR count). The average Bonchev–Trinajstić information content (AvgIpc) is 3.20. The third kappa shape index (κ3) is 4.69. The fourth-order valence-electron chi connectivity index (χ4n) is 2.54. The summed E-state index contributed by atoms with van der Waals surface area (Å²) in [5.41, 5.74) is 3.89. The van der Waals surface area contributed by atoms with Crippen molar-refractivity contribution in [3.8, 4) is 17.1 Å². The first-order valence-electron chi connectivity index (χ1n) is 8.48. The summed E-state index contributed by atoms with van der Waals surface area (Å²) in [7, 11) is 3.55. The summed E-state index contributed by atoms with van der Waals surface area (Å²) >= 11 is 0. The molecule has 1 aromatic carbocycles. The van der Waals surface area contributed by atoms with Crippen molar-refractivity contribution >= 4 is 5.91 Å². The molecule has 0 aliphatic heterocycles. The minimum Gasteiger partial charge on any atom is -0.487 e. The maximum Gasteiger partial charge on any atom is 0.222 e. The number of hydrogen-bond acceptors (Lipinski definition) is 4. The van der Waals surface area contributed by atoms with E-state index in [1.165, 1.54) is 0 Å². The number of rotatable bonds is 7. The van der Waals surface area contributed by atoms with Gasteiger partial charge in [-0.05, 0) is 35.7 Å². The van der Waals surface area contributed by atoms with Gasteiger partial charge in [-0.3, -0.25) is 14.9 Å². The monoisotopic (exact) mass is 350 g/mol. The molecule has 2 aromatic heterocycles. The first-order chi connectivity index (χ1) is 12.6. The fraction of sp³-hybridized carbons (Fsp3) is 0.250. The Morgan fingerprint density at radius 1 is 1.15 bits per heavy atom. The molecule has 26 heavy (non-hydrogen) atoms. The second-order valence-electron chi connectivity index (χ2n) is 6.25. The van der Waals surface area contributed by atoms with Gasteiger partial charge in [0.15, 0.2) is 0 Å². The molecule has 0 unspecified atom stereocenters. The maximum absolute atomic E-state index is 11.7. The number of aromatic nitrogens is 3. The van der Waals surface area contributed by atoms with Crippen LogP contribution >= 0.6 is 0 Å². The van der Waals surface area contributed by atoms with Crippen LogP contribution in [-0.4, -0.2) is 40.1 Å². The van der Waals surface area contributed by atoms with Crippen LogP contribution in [0.4, 0.5) is 0 Å². The Balaban J connectivity index is 1.56. The van der Waals surface area contributed by atoms with Crippen molar-refractivity contribution < 1.29 is 9.53 Å². The molecular weight excluding hydrogens is 328 g/mol. The van der Waals surface area contributed by atoms with Crippen LogP contribution in [0.25, 0.3) is 11.4 Å². The molecule has 0 aliphatic rings. The normalized spacial score (nSPS) is 10.5. The quantitative estimate of drug-likeness (QED) is 0.711. The first kappa shape index (κ1) is 17.7. The molecule has 2 heterocycles. The SMILES string of the molecule is CN(C)C(=O)CCc1cccc(COc2ccc(-c3ccn[nH]3)nc2)c1. The lowest BCUT2D eigenvalue weighted by Gasteiger charge is -2.11. The summed E-state index contributed by atoms with van der Waals surface area (Å²) < 4.78 is 5.82. The van der Waals surface area contributed by atoms with E-state index in [0.717, 1.165) is 28.9 Å². The number of hydrogen-bond donors (Lipinski definition) is 1. The third-order valence-corrected chi connectivity index (χ3v) is 4.04. The van der Waals surface area contributed by atoms with E-state index in [1.54, 1.807) is 31.4 Å². The van der Waals surface area contributed by atoms with Crippen LogP contribution < -0.4 is 4.74 Å². The van der Waals surface area contributed by atoms with Crippen molar-refractivity contribution in [2.24, 2.45) is 0 Å². The van der Waals surface area contributed by atoms with Crippen LogP contribution in [0.3, 0.4) is 0 Å². The topological polar surface area (TPSA) is 71.1 Å². The molecule has 0 saturated carbocycles. The van der Waals surface area contributed by atoms with E-state index in [0.29, 0.717) is 18.8 Å². The van der Waals surface area contributed by atoms with E-state index in [9.17, 15) is 4.79 Å². The molecule has 0 spiro atoms. The standard InChI is InChI=1S/C20H22N4O2/c1-24(2)20(25)9-6-15-4-3-5-16(12-15)14-26-17-7-8-18(21-13-17)19-10-11-22-23-19/h3-5,7-8,10-13H,6,9,14H2,1-2H3,(H,22,23). The highest BCUT2D eigenvalue weighted by atomic mass is 16.5. The minimum atomic E-state index is 0.134. The highest BCUT2D eigenvalue weighted by Crippen LogP contribution is 2.18. The van der Waals surface area contributed by atoms with Gasteiger partial charge in [-0.25, -0.2) is 0 Å². The zero-order chi connectivity index (χ0) is 18.4. The van der Waals surface area contributed by atoms with Gasteiger partial charge in [-0.2, -0.15) is 5.10 Å². The van der Waals surface area contributed by atoms with Crippen LogP contribution in [0.1, 0.15) is 17.5 Å². The van der Waals surface area contributed by atoms with Crippen LogP contribution in [0.15, 0.2) is 54.9 Å². The number of nitrogens with one attached hydrogen (secondary N) is 1. The number of carbonyl (C=O) groups is 1. The molecular formula is C20H22N4O2. The summed E-state index contributed by atoms with van der Waals surface area (Å²) in [6.45, 7) is 0.459. The Labute approximate surface area is 152 Å². The van der Waals surface area contributed by atoms with Crippen molar-refractivity contribution in [3.05, 3.63) is 66.0 Å². The highest BCUT2D eigenvalue weighted by Gasteiger charge is 2.06. The number of H-pyrrole nitrogens is 1. The largest absolute Gasteiger partial charge is 0.487 e. The maximum atomic E-state index is 11.7. The van der Waals surface area contributed by atoms with Gasteiger partial charge in [0.05, 0.1) is 17.6 Å². The van der Waals surface area contributed by atoms with Gasteiger partial charge in [-0.1, -0.05) is 24.3 Å². The molecule has 1 amide bonds. The van der Waals surface area contributed by atoms with Crippen LogP contribution in [-0.2, 0) is 17.8 Å². The zero-order valence-electron chi connectivity index (χ0n) is 15.0. The van der Waals surface area contributed by atoms with E-state index < -0.39 is 0 Å². The van der Waals surface area contributed by atoms with Crippen molar-refractivity contribution in [1.29, 1.82) is 0 Å². The van der Waals surface area contributed by atoms with Gasteiger partial charge >= 0.3 is 0 Å². The lowest BCUT2D eigenvalue weighted by atomic mass is 10.1. The molecule has 0 fully saturated rings. The molecule has 0 saturated heterocycles. The number of carbonyl (C=O) groups excluding carboxylic acids is 1. The Bertz CT molecular complexity index is 843. The van der Waals surface area contributed by atoms with Crippen molar-refractivity contribution in [2.75, 3.05) is 14.1 Å². The molecule has 6 nitrogen and oxygen atoms in total. The first-order valence-corrected chi connectivity index (χ1v) is 8.48. The lowest BCUT2D eigenvalue weighted by molar-refractivity contribution is -0.128. The predicted octanol–water partition coefficient (Wildman–Crippen LogP) is 3.07. The van der Waals surface area contributed by atoms with Crippen molar-refractivity contribution in [2.45, 2.75) is 19.4 Å². The smallest absolute Gasteiger partial charge is 0.222 e. The summed E-state index contributed by atoms with van der Waals surface area (Å²) in [6.07, 6.45) is 4.64. The Morgan fingerprint density at radius 2 is 2.00 bits per heavy atom. The lowest BCUT2D eigenvalue weighted by Crippen LogP contribution is -2.21. The summed E-state index contributed by atoms with van der Waals surface area (Å²) in [4.78, 5) is 17.7.